The lowest BCUT2D eigenvalue weighted by atomic mass is 10.2. The fourth-order valence-electron chi connectivity index (χ4n) is 0.457. The molecule has 0 aliphatic carbocycles. The minimum atomic E-state index is -0.692. The molecule has 0 bridgehead atoms. The van der Waals surface area contributed by atoms with Crippen molar-refractivity contribution in [1.29, 1.82) is 5.26 Å². The molecule has 5 nitrogen and oxygen atoms in total. The van der Waals surface area contributed by atoms with Gasteiger partial charge in [-0.3, -0.25) is 5.84 Å². The van der Waals surface area contributed by atoms with Crippen LogP contribution in [0.25, 0.3) is 0 Å². The van der Waals surface area contributed by atoms with Crippen molar-refractivity contribution in [2.45, 2.75) is 6.92 Å². The molecule has 0 aromatic rings. The van der Waals surface area contributed by atoms with Crippen molar-refractivity contribution in [2.75, 3.05) is 7.11 Å². The third kappa shape index (κ3) is 2.27. The first-order chi connectivity index (χ1) is 5.17. The molecule has 0 rings (SSSR count). The Morgan fingerprint density at radius 1 is 1.73 bits per heavy atom. The Hall–Kier alpha value is -1.54. The van der Waals surface area contributed by atoms with E-state index in [2.05, 4.69) is 10.2 Å². The molecule has 11 heavy (non-hydrogen) atoms. The number of methoxy groups -OCH3 is 1. The Kier molecular flexibility index (Phi) is 3.70. The molecule has 0 aliphatic heterocycles. The van der Waals surface area contributed by atoms with Crippen molar-refractivity contribution >= 4 is 5.97 Å². The van der Waals surface area contributed by atoms with Crippen LogP contribution in [0.1, 0.15) is 6.92 Å². The van der Waals surface area contributed by atoms with Crippen LogP contribution in [0.2, 0.25) is 0 Å². The van der Waals surface area contributed by atoms with Gasteiger partial charge in [0.2, 0.25) is 0 Å². The van der Waals surface area contributed by atoms with Crippen LogP contribution in [-0.2, 0) is 9.53 Å². The Morgan fingerprint density at radius 2 is 2.27 bits per heavy atom. The zero-order valence-corrected chi connectivity index (χ0v) is 6.34. The van der Waals surface area contributed by atoms with Crippen LogP contribution in [0.5, 0.6) is 0 Å². The number of nitrogens with one attached hydrogen (secondary N) is 1. The third-order valence-electron chi connectivity index (χ3n) is 1.09. The van der Waals surface area contributed by atoms with Gasteiger partial charge in [0, 0.05) is 5.70 Å². The van der Waals surface area contributed by atoms with Crippen molar-refractivity contribution in [3.8, 4) is 6.07 Å². The number of carbonyl (C=O) groups excluding carboxylic acids is 1. The molecule has 0 spiro atoms. The van der Waals surface area contributed by atoms with Crippen LogP contribution < -0.4 is 11.3 Å². The lowest BCUT2D eigenvalue weighted by Gasteiger charge is -2.01. The largest absolute Gasteiger partial charge is 0.465 e. The fourth-order valence-corrected chi connectivity index (χ4v) is 0.457. The standard InChI is InChI=1S/C6H9N3O2/c1-4(9-8)5(3-7)6(10)11-2/h9H,8H2,1-2H3/b5-4+. The molecule has 3 N–H and O–H groups in total. The van der Waals surface area contributed by atoms with Gasteiger partial charge in [0.05, 0.1) is 7.11 Å². The highest BCUT2D eigenvalue weighted by Crippen LogP contribution is 1.99. The van der Waals surface area contributed by atoms with Crippen LogP contribution in [0.3, 0.4) is 0 Å². The van der Waals surface area contributed by atoms with Crippen LogP contribution in [0.4, 0.5) is 0 Å². The van der Waals surface area contributed by atoms with Crippen molar-refractivity contribution in [3.05, 3.63) is 11.3 Å². The summed E-state index contributed by atoms with van der Waals surface area (Å²) in [5, 5.41) is 8.42. The molecule has 5 heteroatoms. The number of rotatable bonds is 2. The minimum absolute atomic E-state index is 0.116. The van der Waals surface area contributed by atoms with E-state index in [0.29, 0.717) is 5.70 Å². The highest BCUT2D eigenvalue weighted by Gasteiger charge is 2.11. The summed E-state index contributed by atoms with van der Waals surface area (Å²) in [6.45, 7) is 1.51. The topological polar surface area (TPSA) is 88.1 Å². The van der Waals surface area contributed by atoms with Crippen molar-refractivity contribution < 1.29 is 9.53 Å². The van der Waals surface area contributed by atoms with Gasteiger partial charge in [0.1, 0.15) is 6.07 Å². The van der Waals surface area contributed by atoms with Gasteiger partial charge in [-0.1, -0.05) is 0 Å². The molecular weight excluding hydrogens is 146 g/mol. The van der Waals surface area contributed by atoms with E-state index >= 15 is 0 Å². The van der Waals surface area contributed by atoms with Gasteiger partial charge < -0.3 is 10.2 Å². The maximum Gasteiger partial charge on any atom is 0.350 e. The molecule has 0 aromatic heterocycles. The molecule has 60 valence electrons. The third-order valence-corrected chi connectivity index (χ3v) is 1.09. The van der Waals surface area contributed by atoms with E-state index in [1.54, 1.807) is 6.07 Å². The molecule has 0 aliphatic rings. The predicted octanol–water partition coefficient (Wildman–Crippen LogP) is -0.580. The first-order valence-electron chi connectivity index (χ1n) is 2.83. The fraction of sp³-hybridized carbons (Fsp3) is 0.333. The number of ether oxygens (including phenoxy) is 1. The molecule has 0 fully saturated rings. The van der Waals surface area contributed by atoms with Crippen LogP contribution in [-0.4, -0.2) is 13.1 Å². The zero-order chi connectivity index (χ0) is 8.85. The number of hydrogen-bond acceptors (Lipinski definition) is 5. The van der Waals surface area contributed by atoms with E-state index in [9.17, 15) is 4.79 Å². The summed E-state index contributed by atoms with van der Waals surface area (Å²) in [5.41, 5.74) is 2.36. The Morgan fingerprint density at radius 3 is 2.55 bits per heavy atom. The first kappa shape index (κ1) is 9.46. The average molecular weight is 155 g/mol. The van der Waals surface area contributed by atoms with Gasteiger partial charge in [-0.15, -0.1) is 0 Å². The molecular formula is C6H9N3O2. The van der Waals surface area contributed by atoms with Crippen LogP contribution in [0, 0.1) is 11.3 Å². The second-order valence-electron chi connectivity index (χ2n) is 1.75. The lowest BCUT2D eigenvalue weighted by molar-refractivity contribution is -0.135. The van der Waals surface area contributed by atoms with Crippen molar-refractivity contribution in [1.82, 2.24) is 5.43 Å². The molecule has 0 atom stereocenters. The highest BCUT2D eigenvalue weighted by molar-refractivity contribution is 5.93. The maximum absolute atomic E-state index is 10.7. The molecule has 0 unspecified atom stereocenters. The summed E-state index contributed by atoms with van der Waals surface area (Å²) in [6.07, 6.45) is 0. The summed E-state index contributed by atoms with van der Waals surface area (Å²) < 4.78 is 4.31. The second-order valence-corrected chi connectivity index (χ2v) is 1.75. The molecule has 0 amide bonds. The SMILES string of the molecule is COC(=O)/C(C#N)=C(\C)NN. The summed E-state index contributed by atoms with van der Waals surface area (Å²) >= 11 is 0. The van der Waals surface area contributed by atoms with Gasteiger partial charge in [0.15, 0.2) is 5.57 Å². The van der Waals surface area contributed by atoms with Gasteiger partial charge in [0.25, 0.3) is 0 Å². The minimum Gasteiger partial charge on any atom is -0.465 e. The maximum atomic E-state index is 10.7. The van der Waals surface area contributed by atoms with Gasteiger partial charge in [-0.2, -0.15) is 5.26 Å². The van der Waals surface area contributed by atoms with E-state index in [1.165, 1.54) is 14.0 Å². The number of allylic oxidation sites excluding steroid dienone is 1. The monoisotopic (exact) mass is 155 g/mol. The number of nitrogens with two attached hydrogens (primary N) is 1. The van der Waals surface area contributed by atoms with Gasteiger partial charge in [-0.25, -0.2) is 4.79 Å². The van der Waals surface area contributed by atoms with E-state index in [1.807, 2.05) is 0 Å². The summed E-state index contributed by atoms with van der Waals surface area (Å²) in [6, 6.07) is 1.67. The molecule has 0 saturated heterocycles. The summed E-state index contributed by atoms with van der Waals surface area (Å²) in [5.74, 6) is 4.28. The molecule has 0 radical (unpaired) electrons. The predicted molar refractivity (Wildman–Crippen MR) is 37.7 cm³/mol. The highest BCUT2D eigenvalue weighted by atomic mass is 16.5. The Labute approximate surface area is 64.4 Å². The van der Waals surface area contributed by atoms with Crippen molar-refractivity contribution in [2.24, 2.45) is 5.84 Å². The lowest BCUT2D eigenvalue weighted by Crippen LogP contribution is -2.22. The average Bonchev–Trinajstić information content (AvgIpc) is 2.05. The van der Waals surface area contributed by atoms with Crippen LogP contribution in [0.15, 0.2) is 11.3 Å². The smallest absolute Gasteiger partial charge is 0.350 e. The van der Waals surface area contributed by atoms with E-state index in [4.69, 9.17) is 11.1 Å². The first-order valence-corrected chi connectivity index (χ1v) is 2.83. The number of nitriles is 1. The van der Waals surface area contributed by atoms with E-state index < -0.39 is 5.97 Å². The quantitative estimate of drug-likeness (QED) is 0.183. The number of esters is 1. The van der Waals surface area contributed by atoms with Crippen LogP contribution >= 0.6 is 0 Å². The van der Waals surface area contributed by atoms with E-state index in [0.717, 1.165) is 0 Å². The van der Waals surface area contributed by atoms with Gasteiger partial charge >= 0.3 is 5.97 Å². The molecule has 0 heterocycles. The second kappa shape index (κ2) is 4.30. The van der Waals surface area contributed by atoms with E-state index in [-0.39, 0.29) is 5.57 Å². The number of hydrogen-bond donors (Lipinski definition) is 2. The number of carbonyl (C=O) groups is 1. The summed E-state index contributed by atoms with van der Waals surface area (Å²) in [4.78, 5) is 10.7. The van der Waals surface area contributed by atoms with Crippen molar-refractivity contribution in [3.63, 3.8) is 0 Å². The molecule has 0 saturated carbocycles. The normalized spacial score (nSPS) is 11.1. The Bertz CT molecular complexity index is 226. The summed E-state index contributed by atoms with van der Waals surface area (Å²) in [7, 11) is 1.20. The van der Waals surface area contributed by atoms with Gasteiger partial charge in [-0.05, 0) is 6.92 Å². The number of nitrogens with zero attached hydrogens (tertiary/aromatic N) is 1. The zero-order valence-electron chi connectivity index (χ0n) is 6.34. The Balaban J connectivity index is 4.69. The number of hydrazine groups is 1. The molecule has 0 aromatic carbocycles.